The van der Waals surface area contributed by atoms with Gasteiger partial charge in [-0.25, -0.2) is 4.39 Å². The van der Waals surface area contributed by atoms with Crippen LogP contribution in [0.15, 0.2) is 16.6 Å². The van der Waals surface area contributed by atoms with Crippen molar-refractivity contribution in [1.82, 2.24) is 0 Å². The minimum absolute atomic E-state index is 0.249. The van der Waals surface area contributed by atoms with Crippen LogP contribution in [0.4, 0.5) is 4.39 Å². The van der Waals surface area contributed by atoms with Crippen molar-refractivity contribution in [1.29, 1.82) is 5.26 Å². The van der Waals surface area contributed by atoms with Crippen LogP contribution in [0.25, 0.3) is 0 Å². The second-order valence-corrected chi connectivity index (χ2v) is 3.87. The van der Waals surface area contributed by atoms with Crippen LogP contribution < -0.4 is 0 Å². The molecule has 4 heteroatoms. The van der Waals surface area contributed by atoms with E-state index in [1.165, 1.54) is 6.07 Å². The lowest BCUT2D eigenvalue weighted by Crippen LogP contribution is -1.96. The largest absolute Gasteiger partial charge is 0.205 e. The smallest absolute Gasteiger partial charge is 0.143 e. The zero-order valence-corrected chi connectivity index (χ0v) is 9.16. The predicted octanol–water partition coefficient (Wildman–Crippen LogP) is 3.87. The molecule has 0 aliphatic carbocycles. The highest BCUT2D eigenvalue weighted by Gasteiger charge is 2.16. The van der Waals surface area contributed by atoms with E-state index >= 15 is 0 Å². The average molecular weight is 263 g/mol. The van der Waals surface area contributed by atoms with Gasteiger partial charge in [-0.05, 0) is 35.0 Å². The third-order valence-corrected chi connectivity index (χ3v) is 2.65. The molecule has 0 aliphatic heterocycles. The van der Waals surface area contributed by atoms with Gasteiger partial charge >= 0.3 is 0 Å². The second-order valence-electron chi connectivity index (χ2n) is 2.61. The summed E-state index contributed by atoms with van der Waals surface area (Å²) in [6.07, 6.45) is 0. The first-order valence-electron chi connectivity index (χ1n) is 3.61. The van der Waals surface area contributed by atoms with Crippen LogP contribution in [0, 0.1) is 17.1 Å². The van der Waals surface area contributed by atoms with Gasteiger partial charge in [0, 0.05) is 10.6 Å². The van der Waals surface area contributed by atoms with Crippen molar-refractivity contribution in [2.24, 2.45) is 0 Å². The number of halogens is 3. The number of benzene rings is 1. The van der Waals surface area contributed by atoms with E-state index in [0.29, 0.717) is 4.47 Å². The first-order chi connectivity index (χ1) is 6.07. The Balaban J connectivity index is 3.35. The highest BCUT2D eigenvalue weighted by Crippen LogP contribution is 2.31. The van der Waals surface area contributed by atoms with E-state index in [-0.39, 0.29) is 10.6 Å². The predicted molar refractivity (Wildman–Crippen MR) is 53.1 cm³/mol. The lowest BCUT2D eigenvalue weighted by molar-refractivity contribution is 0.600. The molecule has 1 atom stereocenters. The maximum Gasteiger partial charge on any atom is 0.143 e. The van der Waals surface area contributed by atoms with Gasteiger partial charge in [0.15, 0.2) is 0 Å². The van der Waals surface area contributed by atoms with E-state index in [2.05, 4.69) is 15.9 Å². The summed E-state index contributed by atoms with van der Waals surface area (Å²) in [6.45, 7) is 1.61. The SMILES string of the molecule is CC(C#N)c1c(Cl)ccc(Br)c1F. The molecule has 68 valence electrons. The van der Waals surface area contributed by atoms with Crippen molar-refractivity contribution in [2.45, 2.75) is 12.8 Å². The number of nitrogens with zero attached hydrogens (tertiary/aromatic N) is 1. The van der Waals surface area contributed by atoms with Crippen molar-refractivity contribution < 1.29 is 4.39 Å². The van der Waals surface area contributed by atoms with E-state index in [1.807, 2.05) is 6.07 Å². The second kappa shape index (κ2) is 4.08. The van der Waals surface area contributed by atoms with Crippen LogP contribution in [0.5, 0.6) is 0 Å². The van der Waals surface area contributed by atoms with Crippen molar-refractivity contribution in [3.8, 4) is 6.07 Å². The van der Waals surface area contributed by atoms with Crippen LogP contribution in [0.1, 0.15) is 18.4 Å². The molecule has 0 bridgehead atoms. The van der Waals surface area contributed by atoms with Gasteiger partial charge in [-0.2, -0.15) is 5.26 Å². The number of nitriles is 1. The topological polar surface area (TPSA) is 23.8 Å². The molecular weight excluding hydrogens is 256 g/mol. The molecule has 1 rings (SSSR count). The summed E-state index contributed by atoms with van der Waals surface area (Å²) in [5.74, 6) is -0.994. The average Bonchev–Trinajstić information content (AvgIpc) is 2.12. The zero-order chi connectivity index (χ0) is 10.0. The van der Waals surface area contributed by atoms with E-state index < -0.39 is 11.7 Å². The van der Waals surface area contributed by atoms with Gasteiger partial charge in [0.2, 0.25) is 0 Å². The Morgan fingerprint density at radius 2 is 2.23 bits per heavy atom. The third kappa shape index (κ3) is 2.01. The highest BCUT2D eigenvalue weighted by molar-refractivity contribution is 9.10. The molecule has 0 spiro atoms. The van der Waals surface area contributed by atoms with Gasteiger partial charge in [0.1, 0.15) is 5.82 Å². The monoisotopic (exact) mass is 261 g/mol. The van der Waals surface area contributed by atoms with Gasteiger partial charge in [-0.3, -0.25) is 0 Å². The Labute approximate surface area is 89.3 Å². The molecular formula is C9H6BrClFN. The molecule has 1 aromatic carbocycles. The summed E-state index contributed by atoms with van der Waals surface area (Å²) in [4.78, 5) is 0. The lowest BCUT2D eigenvalue weighted by atomic mass is 10.0. The van der Waals surface area contributed by atoms with E-state index in [4.69, 9.17) is 16.9 Å². The first kappa shape index (κ1) is 10.5. The minimum atomic E-state index is -0.537. The number of hydrogen-bond donors (Lipinski definition) is 0. The molecule has 0 fully saturated rings. The zero-order valence-electron chi connectivity index (χ0n) is 6.81. The fourth-order valence-corrected chi connectivity index (χ4v) is 1.66. The van der Waals surface area contributed by atoms with Gasteiger partial charge in [-0.1, -0.05) is 11.6 Å². The number of rotatable bonds is 1. The molecule has 0 aromatic heterocycles. The van der Waals surface area contributed by atoms with Crippen LogP contribution in [0.3, 0.4) is 0 Å². The molecule has 0 amide bonds. The number of hydrogen-bond acceptors (Lipinski definition) is 1. The van der Waals surface area contributed by atoms with Crippen LogP contribution >= 0.6 is 27.5 Å². The fourth-order valence-electron chi connectivity index (χ4n) is 1.00. The third-order valence-electron chi connectivity index (χ3n) is 1.71. The summed E-state index contributed by atoms with van der Waals surface area (Å²) < 4.78 is 13.7. The maximum absolute atomic E-state index is 13.4. The Kier molecular flexibility index (Phi) is 3.29. The Bertz CT molecular complexity index is 373. The van der Waals surface area contributed by atoms with E-state index in [0.717, 1.165) is 0 Å². The molecule has 1 nitrogen and oxygen atoms in total. The van der Waals surface area contributed by atoms with Crippen molar-refractivity contribution in [2.75, 3.05) is 0 Å². The van der Waals surface area contributed by atoms with E-state index in [1.54, 1.807) is 13.0 Å². The van der Waals surface area contributed by atoms with Crippen LogP contribution in [-0.4, -0.2) is 0 Å². The highest BCUT2D eigenvalue weighted by atomic mass is 79.9. The van der Waals surface area contributed by atoms with Gasteiger partial charge in [-0.15, -0.1) is 0 Å². The fraction of sp³-hybridized carbons (Fsp3) is 0.222. The Hall–Kier alpha value is -0.590. The minimum Gasteiger partial charge on any atom is -0.205 e. The molecule has 1 unspecified atom stereocenters. The standard InChI is InChI=1S/C9H6BrClFN/c1-5(4-13)8-7(11)3-2-6(10)9(8)12/h2-3,5H,1H3. The Morgan fingerprint density at radius 3 is 2.77 bits per heavy atom. The summed E-state index contributed by atoms with van der Waals surface area (Å²) in [5, 5.41) is 8.92. The van der Waals surface area contributed by atoms with Crippen molar-refractivity contribution in [3.05, 3.63) is 33.0 Å². The molecule has 0 radical (unpaired) electrons. The Morgan fingerprint density at radius 1 is 1.62 bits per heavy atom. The molecule has 0 heterocycles. The van der Waals surface area contributed by atoms with Crippen LogP contribution in [-0.2, 0) is 0 Å². The quantitative estimate of drug-likeness (QED) is 0.705. The van der Waals surface area contributed by atoms with Crippen molar-refractivity contribution in [3.63, 3.8) is 0 Å². The molecule has 0 N–H and O–H groups in total. The van der Waals surface area contributed by atoms with Gasteiger partial charge in [0.05, 0.1) is 16.5 Å². The normalized spacial score (nSPS) is 12.2. The van der Waals surface area contributed by atoms with Gasteiger partial charge in [0.25, 0.3) is 0 Å². The van der Waals surface area contributed by atoms with Crippen LogP contribution in [0.2, 0.25) is 5.02 Å². The summed E-state index contributed by atoms with van der Waals surface area (Å²) in [7, 11) is 0. The van der Waals surface area contributed by atoms with Crippen molar-refractivity contribution >= 4 is 27.5 Å². The van der Waals surface area contributed by atoms with E-state index in [9.17, 15) is 4.39 Å². The lowest BCUT2D eigenvalue weighted by Gasteiger charge is -2.08. The molecule has 1 aromatic rings. The summed E-state index contributed by atoms with van der Waals surface area (Å²) >= 11 is 8.80. The molecule has 13 heavy (non-hydrogen) atoms. The molecule has 0 aliphatic rings. The first-order valence-corrected chi connectivity index (χ1v) is 4.78. The summed E-state index contributed by atoms with van der Waals surface area (Å²) in [5.41, 5.74) is 0.249. The molecule has 0 saturated heterocycles. The summed E-state index contributed by atoms with van der Waals surface area (Å²) in [6, 6.07) is 5.03. The maximum atomic E-state index is 13.4. The van der Waals surface area contributed by atoms with Gasteiger partial charge < -0.3 is 0 Å². The molecule has 0 saturated carbocycles.